The number of hydrogen-bond donors (Lipinski definition) is 1. The summed E-state index contributed by atoms with van der Waals surface area (Å²) < 4.78 is 2.05. The predicted molar refractivity (Wildman–Crippen MR) is 86.1 cm³/mol. The van der Waals surface area contributed by atoms with E-state index in [4.69, 9.17) is 4.98 Å². The Morgan fingerprint density at radius 1 is 1.29 bits per heavy atom. The molecular weight excluding hydrogens is 264 g/mol. The molecule has 1 aliphatic heterocycles. The Balaban J connectivity index is 2.00. The number of likely N-dealkylation sites (N-methyl/N-ethyl adjacent to an activating group) is 1. The van der Waals surface area contributed by atoms with Crippen LogP contribution in [0.3, 0.4) is 0 Å². The molecule has 0 aromatic carbocycles. The zero-order valence-electron chi connectivity index (χ0n) is 13.2. The first-order valence-corrected chi connectivity index (χ1v) is 7.64. The highest BCUT2D eigenvalue weighted by molar-refractivity contribution is 5.67. The smallest absolute Gasteiger partial charge is 0.180 e. The van der Waals surface area contributed by atoms with Crippen molar-refractivity contribution in [2.45, 2.75) is 32.9 Å². The number of nitrogens with zero attached hydrogens (tertiary/aromatic N) is 5. The summed E-state index contributed by atoms with van der Waals surface area (Å²) in [6.07, 6.45) is 5.81. The van der Waals surface area contributed by atoms with Crippen molar-refractivity contribution in [1.29, 1.82) is 0 Å². The molecule has 6 nitrogen and oxygen atoms in total. The van der Waals surface area contributed by atoms with Crippen LogP contribution in [0.2, 0.25) is 0 Å². The van der Waals surface area contributed by atoms with Crippen LogP contribution >= 0.6 is 0 Å². The SMILES string of the molecule is CCNc1cn2ccnc2c(N2CC(C)N(C)C(C)C2)n1. The maximum absolute atomic E-state index is 4.79. The van der Waals surface area contributed by atoms with Crippen molar-refractivity contribution in [3.63, 3.8) is 0 Å². The van der Waals surface area contributed by atoms with Crippen LogP contribution in [0.1, 0.15) is 20.8 Å². The number of nitrogens with one attached hydrogen (secondary N) is 1. The normalized spacial score (nSPS) is 23.7. The third-order valence-corrected chi connectivity index (χ3v) is 4.37. The molecule has 1 fully saturated rings. The van der Waals surface area contributed by atoms with Crippen LogP contribution in [-0.4, -0.2) is 58.0 Å². The Morgan fingerprint density at radius 3 is 2.67 bits per heavy atom. The lowest BCUT2D eigenvalue weighted by Gasteiger charge is -2.43. The Labute approximate surface area is 125 Å². The number of fused-ring (bicyclic) bond motifs is 1. The molecular formula is C15H24N6. The van der Waals surface area contributed by atoms with Crippen molar-refractivity contribution >= 4 is 17.3 Å². The van der Waals surface area contributed by atoms with E-state index in [0.29, 0.717) is 12.1 Å². The Hall–Kier alpha value is -1.82. The Morgan fingerprint density at radius 2 is 2.00 bits per heavy atom. The first-order chi connectivity index (χ1) is 10.1. The fourth-order valence-corrected chi connectivity index (χ4v) is 2.97. The van der Waals surface area contributed by atoms with Gasteiger partial charge in [0.15, 0.2) is 11.5 Å². The third-order valence-electron chi connectivity index (χ3n) is 4.37. The van der Waals surface area contributed by atoms with Crippen LogP contribution in [0.4, 0.5) is 11.6 Å². The van der Waals surface area contributed by atoms with E-state index in [1.165, 1.54) is 0 Å². The van der Waals surface area contributed by atoms with Gasteiger partial charge in [-0.05, 0) is 27.8 Å². The number of aromatic nitrogens is 3. The topological polar surface area (TPSA) is 48.7 Å². The van der Waals surface area contributed by atoms with E-state index >= 15 is 0 Å². The lowest BCUT2D eigenvalue weighted by Crippen LogP contribution is -2.55. The summed E-state index contributed by atoms with van der Waals surface area (Å²) in [4.78, 5) is 14.1. The van der Waals surface area contributed by atoms with E-state index in [1.807, 2.05) is 23.0 Å². The first-order valence-electron chi connectivity index (χ1n) is 7.64. The van der Waals surface area contributed by atoms with Crippen LogP contribution in [0.15, 0.2) is 18.6 Å². The zero-order valence-corrected chi connectivity index (χ0v) is 13.2. The predicted octanol–water partition coefficient (Wildman–Crippen LogP) is 1.69. The molecule has 3 heterocycles. The van der Waals surface area contributed by atoms with Gasteiger partial charge in [-0.2, -0.15) is 0 Å². The number of imidazole rings is 1. The molecule has 3 rings (SSSR count). The monoisotopic (exact) mass is 288 g/mol. The van der Waals surface area contributed by atoms with Gasteiger partial charge in [0.25, 0.3) is 0 Å². The van der Waals surface area contributed by atoms with Crippen molar-refractivity contribution in [2.75, 3.05) is 36.9 Å². The molecule has 0 bridgehead atoms. The van der Waals surface area contributed by atoms with Gasteiger partial charge in [-0.3, -0.25) is 4.90 Å². The maximum Gasteiger partial charge on any atom is 0.180 e. The molecule has 1 N–H and O–H groups in total. The summed E-state index contributed by atoms with van der Waals surface area (Å²) >= 11 is 0. The number of piperazine rings is 1. The Kier molecular flexibility index (Phi) is 3.71. The van der Waals surface area contributed by atoms with Gasteiger partial charge in [0.1, 0.15) is 5.82 Å². The summed E-state index contributed by atoms with van der Waals surface area (Å²) in [5.74, 6) is 1.88. The first kappa shape index (κ1) is 14.1. The molecule has 0 saturated carbocycles. The molecule has 2 atom stereocenters. The summed E-state index contributed by atoms with van der Waals surface area (Å²) in [7, 11) is 2.19. The van der Waals surface area contributed by atoms with Gasteiger partial charge in [-0.1, -0.05) is 0 Å². The Bertz CT molecular complexity index is 610. The highest BCUT2D eigenvalue weighted by Crippen LogP contribution is 2.25. The van der Waals surface area contributed by atoms with Gasteiger partial charge in [0, 0.05) is 44.1 Å². The molecule has 0 spiro atoms. The van der Waals surface area contributed by atoms with Gasteiger partial charge in [0.05, 0.1) is 6.20 Å². The van der Waals surface area contributed by atoms with E-state index in [1.54, 1.807) is 0 Å². The third kappa shape index (κ3) is 2.55. The molecule has 0 aliphatic carbocycles. The quantitative estimate of drug-likeness (QED) is 0.931. The van der Waals surface area contributed by atoms with Gasteiger partial charge < -0.3 is 14.6 Å². The number of rotatable bonds is 3. The summed E-state index contributed by atoms with van der Waals surface area (Å²) in [6, 6.07) is 1.02. The van der Waals surface area contributed by atoms with Crippen molar-refractivity contribution in [3.05, 3.63) is 18.6 Å². The molecule has 114 valence electrons. The largest absolute Gasteiger partial charge is 0.369 e. The van der Waals surface area contributed by atoms with E-state index in [9.17, 15) is 0 Å². The molecule has 0 amide bonds. The van der Waals surface area contributed by atoms with E-state index < -0.39 is 0 Å². The fourth-order valence-electron chi connectivity index (χ4n) is 2.97. The lowest BCUT2D eigenvalue weighted by molar-refractivity contribution is 0.169. The summed E-state index contributed by atoms with van der Waals surface area (Å²) in [5.41, 5.74) is 0.931. The maximum atomic E-state index is 4.79. The van der Waals surface area contributed by atoms with Crippen molar-refractivity contribution in [3.8, 4) is 0 Å². The second-order valence-corrected chi connectivity index (χ2v) is 5.91. The average Bonchev–Trinajstić information content (AvgIpc) is 2.92. The number of anilines is 2. The van der Waals surface area contributed by atoms with Crippen molar-refractivity contribution < 1.29 is 0 Å². The zero-order chi connectivity index (χ0) is 15.0. The number of hydrogen-bond acceptors (Lipinski definition) is 5. The van der Waals surface area contributed by atoms with Gasteiger partial charge in [0.2, 0.25) is 0 Å². The van der Waals surface area contributed by atoms with Crippen LogP contribution in [0.25, 0.3) is 5.65 Å². The molecule has 21 heavy (non-hydrogen) atoms. The molecule has 1 saturated heterocycles. The van der Waals surface area contributed by atoms with Gasteiger partial charge >= 0.3 is 0 Å². The van der Waals surface area contributed by atoms with Crippen LogP contribution in [0.5, 0.6) is 0 Å². The van der Waals surface area contributed by atoms with Gasteiger partial charge in [-0.25, -0.2) is 9.97 Å². The van der Waals surface area contributed by atoms with Crippen LogP contribution in [0, 0.1) is 0 Å². The summed E-state index contributed by atoms with van der Waals surface area (Å²) in [6.45, 7) is 9.43. The molecule has 0 radical (unpaired) electrons. The fraction of sp³-hybridized carbons (Fsp3) is 0.600. The molecule has 2 aromatic heterocycles. The molecule has 2 unspecified atom stereocenters. The van der Waals surface area contributed by atoms with Crippen molar-refractivity contribution in [1.82, 2.24) is 19.3 Å². The average molecular weight is 288 g/mol. The molecule has 6 heteroatoms. The van der Waals surface area contributed by atoms with Crippen molar-refractivity contribution in [2.24, 2.45) is 0 Å². The molecule has 1 aliphatic rings. The van der Waals surface area contributed by atoms with Crippen LogP contribution < -0.4 is 10.2 Å². The van der Waals surface area contributed by atoms with E-state index in [0.717, 1.165) is 36.9 Å². The van der Waals surface area contributed by atoms with Crippen LogP contribution in [-0.2, 0) is 0 Å². The summed E-state index contributed by atoms with van der Waals surface area (Å²) in [5, 5.41) is 3.30. The van der Waals surface area contributed by atoms with E-state index in [-0.39, 0.29) is 0 Å². The minimum atomic E-state index is 0.508. The minimum Gasteiger partial charge on any atom is -0.369 e. The second kappa shape index (κ2) is 5.52. The standard InChI is InChI=1S/C15H24N6/c1-5-16-13-10-20-7-6-17-14(20)15(18-13)21-8-11(2)19(4)12(3)9-21/h6-7,10-12,16H,5,8-9H2,1-4H3. The minimum absolute atomic E-state index is 0.508. The van der Waals surface area contributed by atoms with E-state index in [2.05, 4.69) is 47.9 Å². The second-order valence-electron chi connectivity index (χ2n) is 5.91. The molecule has 2 aromatic rings. The highest BCUT2D eigenvalue weighted by Gasteiger charge is 2.28. The highest BCUT2D eigenvalue weighted by atomic mass is 15.3. The lowest BCUT2D eigenvalue weighted by atomic mass is 10.1. The van der Waals surface area contributed by atoms with Gasteiger partial charge in [-0.15, -0.1) is 0 Å².